The SMILES string of the molecule is CC(=O)OCC1=C(C2OCCO2)N2C(=O)[C@@H](NC(=O)Cc3cccs3)[C@H]2SC1. The normalized spacial score (nSPS) is 24.8. The Morgan fingerprint density at radius 1 is 1.36 bits per heavy atom. The van der Waals surface area contributed by atoms with Gasteiger partial charge in [0.25, 0.3) is 5.91 Å². The van der Waals surface area contributed by atoms with Gasteiger partial charge in [0.1, 0.15) is 18.0 Å². The summed E-state index contributed by atoms with van der Waals surface area (Å²) in [4.78, 5) is 38.9. The third-order valence-electron chi connectivity index (χ3n) is 4.62. The molecule has 0 saturated carbocycles. The van der Waals surface area contributed by atoms with Gasteiger partial charge in [-0.1, -0.05) is 6.07 Å². The number of thiophene rings is 1. The van der Waals surface area contributed by atoms with Crippen molar-refractivity contribution in [1.29, 1.82) is 0 Å². The second kappa shape index (κ2) is 8.24. The van der Waals surface area contributed by atoms with Crippen LogP contribution in [0.4, 0.5) is 0 Å². The molecule has 1 N–H and O–H groups in total. The van der Waals surface area contributed by atoms with Crippen LogP contribution in [0.1, 0.15) is 11.8 Å². The number of hydrogen-bond acceptors (Lipinski definition) is 8. The lowest BCUT2D eigenvalue weighted by molar-refractivity contribution is -0.150. The van der Waals surface area contributed by atoms with Crippen LogP contribution in [0.3, 0.4) is 0 Å². The van der Waals surface area contributed by atoms with Crippen LogP contribution in [0.25, 0.3) is 0 Å². The van der Waals surface area contributed by atoms with Gasteiger partial charge in [0.2, 0.25) is 5.91 Å². The molecular weight excluding hydrogens is 404 g/mol. The van der Waals surface area contributed by atoms with E-state index < -0.39 is 12.3 Å². The van der Waals surface area contributed by atoms with Crippen molar-refractivity contribution in [3.8, 4) is 0 Å². The highest BCUT2D eigenvalue weighted by Crippen LogP contribution is 2.42. The third kappa shape index (κ3) is 3.82. The van der Waals surface area contributed by atoms with E-state index in [-0.39, 0.29) is 36.2 Å². The second-order valence-corrected chi connectivity index (χ2v) is 8.69. The molecule has 3 aliphatic heterocycles. The van der Waals surface area contributed by atoms with Gasteiger partial charge in [-0.25, -0.2) is 0 Å². The predicted molar refractivity (Wildman–Crippen MR) is 102 cm³/mol. The molecule has 0 unspecified atom stereocenters. The Morgan fingerprint density at radius 2 is 2.14 bits per heavy atom. The molecule has 3 aliphatic rings. The molecule has 8 nitrogen and oxygen atoms in total. The monoisotopic (exact) mass is 424 g/mol. The molecule has 4 heterocycles. The van der Waals surface area contributed by atoms with Crippen LogP contribution in [0, 0.1) is 0 Å². The van der Waals surface area contributed by atoms with Crippen molar-refractivity contribution in [2.24, 2.45) is 0 Å². The Balaban J connectivity index is 1.47. The van der Waals surface area contributed by atoms with Crippen LogP contribution < -0.4 is 5.32 Å². The first-order valence-corrected chi connectivity index (χ1v) is 10.8. The minimum Gasteiger partial charge on any atom is -0.461 e. The molecule has 2 atom stereocenters. The van der Waals surface area contributed by atoms with Crippen molar-refractivity contribution in [1.82, 2.24) is 10.2 Å². The maximum atomic E-state index is 12.8. The fraction of sp³-hybridized carbons (Fsp3) is 0.500. The molecule has 0 aliphatic carbocycles. The number of carbonyl (C=O) groups excluding carboxylic acids is 3. The number of fused-ring (bicyclic) bond motifs is 1. The van der Waals surface area contributed by atoms with Gasteiger partial charge in [-0.2, -0.15) is 0 Å². The summed E-state index contributed by atoms with van der Waals surface area (Å²) in [6.45, 7) is 2.31. The largest absolute Gasteiger partial charge is 0.461 e. The topological polar surface area (TPSA) is 94.2 Å². The van der Waals surface area contributed by atoms with E-state index in [1.807, 2.05) is 17.5 Å². The van der Waals surface area contributed by atoms with Gasteiger partial charge in [0.05, 0.1) is 25.3 Å². The van der Waals surface area contributed by atoms with Gasteiger partial charge < -0.3 is 19.5 Å². The Morgan fingerprint density at radius 3 is 2.82 bits per heavy atom. The van der Waals surface area contributed by atoms with E-state index in [0.717, 1.165) is 10.5 Å². The number of nitrogens with one attached hydrogen (secondary N) is 1. The van der Waals surface area contributed by atoms with Crippen molar-refractivity contribution in [3.05, 3.63) is 33.7 Å². The summed E-state index contributed by atoms with van der Waals surface area (Å²) in [5.41, 5.74) is 1.40. The van der Waals surface area contributed by atoms with E-state index in [4.69, 9.17) is 14.2 Å². The molecule has 0 aromatic carbocycles. The average Bonchev–Trinajstić information content (AvgIpc) is 3.37. The number of ether oxygens (including phenoxy) is 3. The second-order valence-electron chi connectivity index (χ2n) is 6.55. The molecule has 2 saturated heterocycles. The summed E-state index contributed by atoms with van der Waals surface area (Å²) in [5, 5.41) is 4.54. The van der Waals surface area contributed by atoms with Crippen molar-refractivity contribution in [2.75, 3.05) is 25.6 Å². The number of rotatable bonds is 6. The van der Waals surface area contributed by atoms with Crippen molar-refractivity contribution in [3.63, 3.8) is 0 Å². The number of hydrogen-bond donors (Lipinski definition) is 1. The summed E-state index contributed by atoms with van der Waals surface area (Å²) in [7, 11) is 0. The first-order valence-electron chi connectivity index (χ1n) is 8.89. The molecule has 0 bridgehead atoms. The van der Waals surface area contributed by atoms with Gasteiger partial charge in [-0.15, -0.1) is 23.1 Å². The summed E-state index contributed by atoms with van der Waals surface area (Å²) in [6, 6.07) is 3.21. The highest BCUT2D eigenvalue weighted by atomic mass is 32.2. The quantitative estimate of drug-likeness (QED) is 0.535. The van der Waals surface area contributed by atoms with Crippen molar-refractivity contribution >= 4 is 40.9 Å². The highest BCUT2D eigenvalue weighted by Gasteiger charge is 2.54. The maximum Gasteiger partial charge on any atom is 0.302 e. The number of esters is 1. The van der Waals surface area contributed by atoms with Crippen LogP contribution in [-0.4, -0.2) is 66.0 Å². The molecule has 2 amide bonds. The maximum absolute atomic E-state index is 12.8. The number of thioether (sulfide) groups is 1. The predicted octanol–water partition coefficient (Wildman–Crippen LogP) is 0.881. The molecule has 0 radical (unpaired) electrons. The standard InChI is InChI=1S/C18H20N2O6S2/c1-10(21)26-8-11-9-28-17-14(19-13(22)7-12-3-2-6-27-12)16(23)20(17)15(11)18-24-4-5-25-18/h2-3,6,14,17-18H,4-5,7-9H2,1H3,(H,19,22)/t14-,17-/m1/s1. The molecule has 150 valence electrons. The first-order chi connectivity index (χ1) is 13.5. The number of β-lactam (4-membered cyclic amide) rings is 1. The van der Waals surface area contributed by atoms with Crippen LogP contribution in [0.2, 0.25) is 0 Å². The third-order valence-corrected chi connectivity index (χ3v) is 6.84. The minimum atomic E-state index is -0.652. The molecule has 0 spiro atoms. The van der Waals surface area contributed by atoms with Crippen LogP contribution in [-0.2, 0) is 35.0 Å². The molecular formula is C18H20N2O6S2. The van der Waals surface area contributed by atoms with Crippen LogP contribution in [0.5, 0.6) is 0 Å². The van der Waals surface area contributed by atoms with E-state index in [1.54, 1.807) is 4.90 Å². The zero-order chi connectivity index (χ0) is 19.7. The Labute approximate surface area is 170 Å². The zero-order valence-electron chi connectivity index (χ0n) is 15.2. The minimum absolute atomic E-state index is 0.0901. The molecule has 1 aromatic heterocycles. The lowest BCUT2D eigenvalue weighted by Gasteiger charge is -2.51. The van der Waals surface area contributed by atoms with Gasteiger partial charge >= 0.3 is 5.97 Å². The lowest BCUT2D eigenvalue weighted by atomic mass is 10.0. The van der Waals surface area contributed by atoms with E-state index in [1.165, 1.54) is 30.0 Å². The molecule has 2 fully saturated rings. The molecule has 4 rings (SSSR count). The van der Waals surface area contributed by atoms with E-state index in [2.05, 4.69) is 5.32 Å². The fourth-order valence-electron chi connectivity index (χ4n) is 3.35. The summed E-state index contributed by atoms with van der Waals surface area (Å²) in [5.74, 6) is -0.199. The highest BCUT2D eigenvalue weighted by molar-refractivity contribution is 8.00. The van der Waals surface area contributed by atoms with Crippen LogP contribution in [0.15, 0.2) is 28.8 Å². The number of carbonyl (C=O) groups is 3. The zero-order valence-corrected chi connectivity index (χ0v) is 16.8. The molecule has 10 heteroatoms. The fourth-order valence-corrected chi connectivity index (χ4v) is 5.40. The summed E-state index contributed by atoms with van der Waals surface area (Å²) in [6.07, 6.45) is -0.394. The summed E-state index contributed by atoms with van der Waals surface area (Å²) >= 11 is 3.04. The Kier molecular flexibility index (Phi) is 5.72. The number of amides is 2. The van der Waals surface area contributed by atoms with Gasteiger partial charge in [0, 0.05) is 23.1 Å². The average molecular weight is 425 g/mol. The lowest BCUT2D eigenvalue weighted by Crippen LogP contribution is -2.71. The van der Waals surface area contributed by atoms with Crippen molar-refractivity contribution < 1.29 is 28.6 Å². The number of nitrogens with zero attached hydrogens (tertiary/aromatic N) is 1. The van der Waals surface area contributed by atoms with Gasteiger partial charge in [-0.05, 0) is 11.4 Å². The van der Waals surface area contributed by atoms with E-state index in [0.29, 0.717) is 24.7 Å². The van der Waals surface area contributed by atoms with Gasteiger partial charge in [0.15, 0.2) is 6.29 Å². The summed E-state index contributed by atoms with van der Waals surface area (Å²) < 4.78 is 16.4. The van der Waals surface area contributed by atoms with E-state index >= 15 is 0 Å². The smallest absolute Gasteiger partial charge is 0.302 e. The molecule has 1 aromatic rings. The Hall–Kier alpha value is -1.88. The first kappa shape index (κ1) is 19.4. The Bertz CT molecular complexity index is 803. The van der Waals surface area contributed by atoms with Crippen LogP contribution >= 0.6 is 23.1 Å². The van der Waals surface area contributed by atoms with E-state index in [9.17, 15) is 14.4 Å². The van der Waals surface area contributed by atoms with Gasteiger partial charge in [-0.3, -0.25) is 19.3 Å². The molecule has 28 heavy (non-hydrogen) atoms. The van der Waals surface area contributed by atoms with Crippen molar-refractivity contribution in [2.45, 2.75) is 31.1 Å².